The molecule has 4 aromatic rings. The number of hydrogen-bond acceptors (Lipinski definition) is 4. The molecule has 198 valence electrons. The van der Waals surface area contributed by atoms with Crippen LogP contribution in [0.25, 0.3) is 10.8 Å². The van der Waals surface area contributed by atoms with Crippen LogP contribution >= 0.6 is 12.4 Å². The van der Waals surface area contributed by atoms with E-state index in [0.29, 0.717) is 11.7 Å². The summed E-state index contributed by atoms with van der Waals surface area (Å²) >= 11 is 0. The average molecular weight is 532 g/mol. The molecule has 0 radical (unpaired) electrons. The first-order valence-electron chi connectivity index (χ1n) is 13.0. The topological polar surface area (TPSA) is 59.0 Å². The lowest BCUT2D eigenvalue weighted by Crippen LogP contribution is -2.37. The second kappa shape index (κ2) is 12.2. The molecule has 5 nitrogen and oxygen atoms in total. The minimum absolute atomic E-state index is 0. The standard InChI is InChI=1S/C32H33NO4.ClH/c1-22(27-14-8-11-24-10-3-4-13-28(24)27)9-7-12-26-20-33(29-15-5-6-16-31(29)37-26)30-19-25(18-17-23(30)2)36-21-32(34)35;/h3-6,8,10-11,13-19,22,26H,7,9,12,20-21H2,1-2H3,(H,34,35);1H/t22-,26?;/m0./s1. The molecule has 1 aliphatic rings. The number of carbonyl (C=O) groups is 1. The summed E-state index contributed by atoms with van der Waals surface area (Å²) in [4.78, 5) is 13.3. The first-order valence-corrected chi connectivity index (χ1v) is 13.0. The van der Waals surface area contributed by atoms with Gasteiger partial charge in [0, 0.05) is 11.8 Å². The van der Waals surface area contributed by atoms with Gasteiger partial charge >= 0.3 is 5.97 Å². The Hall–Kier alpha value is -3.70. The summed E-state index contributed by atoms with van der Waals surface area (Å²) in [5.74, 6) is 0.893. The van der Waals surface area contributed by atoms with E-state index in [4.69, 9.17) is 14.6 Å². The lowest BCUT2D eigenvalue weighted by atomic mass is 9.90. The van der Waals surface area contributed by atoms with E-state index in [0.717, 1.165) is 48.5 Å². The molecule has 1 unspecified atom stereocenters. The van der Waals surface area contributed by atoms with Gasteiger partial charge in [-0.25, -0.2) is 4.79 Å². The summed E-state index contributed by atoms with van der Waals surface area (Å²) in [5, 5.41) is 11.6. The average Bonchev–Trinajstić information content (AvgIpc) is 2.91. The lowest BCUT2D eigenvalue weighted by molar-refractivity contribution is -0.139. The summed E-state index contributed by atoms with van der Waals surface area (Å²) in [5.41, 5.74) is 4.53. The van der Waals surface area contributed by atoms with E-state index in [-0.39, 0.29) is 25.1 Å². The molecule has 1 N–H and O–H groups in total. The van der Waals surface area contributed by atoms with Gasteiger partial charge in [-0.15, -0.1) is 12.4 Å². The highest BCUT2D eigenvalue weighted by Gasteiger charge is 2.27. The van der Waals surface area contributed by atoms with E-state index in [1.54, 1.807) is 0 Å². The third-order valence-electron chi connectivity index (χ3n) is 7.19. The molecular formula is C32H34ClNO4. The SMILES string of the molecule is Cc1ccc(OCC(=O)O)cc1N1CC(CCC[C@H](C)c2cccc3ccccc23)Oc2ccccc21.Cl. The van der Waals surface area contributed by atoms with E-state index in [1.165, 1.54) is 16.3 Å². The third kappa shape index (κ3) is 6.05. The van der Waals surface area contributed by atoms with Gasteiger partial charge in [-0.3, -0.25) is 0 Å². The number of hydrogen-bond donors (Lipinski definition) is 1. The van der Waals surface area contributed by atoms with Gasteiger partial charge in [0.1, 0.15) is 17.6 Å². The van der Waals surface area contributed by atoms with E-state index < -0.39 is 5.97 Å². The predicted molar refractivity (Wildman–Crippen MR) is 156 cm³/mol. The zero-order valence-corrected chi connectivity index (χ0v) is 22.6. The van der Waals surface area contributed by atoms with Gasteiger partial charge in [-0.2, -0.15) is 0 Å². The zero-order chi connectivity index (χ0) is 25.8. The number of para-hydroxylation sites is 2. The van der Waals surface area contributed by atoms with Crippen molar-refractivity contribution < 1.29 is 19.4 Å². The van der Waals surface area contributed by atoms with E-state index >= 15 is 0 Å². The maximum atomic E-state index is 11.0. The van der Waals surface area contributed by atoms with Crippen molar-refractivity contribution in [3.63, 3.8) is 0 Å². The molecule has 2 atom stereocenters. The molecule has 0 aromatic heterocycles. The molecule has 0 saturated carbocycles. The first-order chi connectivity index (χ1) is 18.0. The van der Waals surface area contributed by atoms with Crippen LogP contribution in [0.3, 0.4) is 0 Å². The molecule has 38 heavy (non-hydrogen) atoms. The number of carboxylic acids is 1. The Morgan fingerprint density at radius 3 is 2.63 bits per heavy atom. The zero-order valence-electron chi connectivity index (χ0n) is 21.8. The molecule has 5 rings (SSSR count). The van der Waals surface area contributed by atoms with Crippen LogP contribution in [0, 0.1) is 6.92 Å². The lowest BCUT2D eigenvalue weighted by Gasteiger charge is -2.37. The molecule has 1 heterocycles. The highest BCUT2D eigenvalue weighted by atomic mass is 35.5. The minimum atomic E-state index is -0.989. The summed E-state index contributed by atoms with van der Waals surface area (Å²) < 4.78 is 11.9. The molecule has 0 spiro atoms. The van der Waals surface area contributed by atoms with Crippen molar-refractivity contribution >= 4 is 40.5 Å². The largest absolute Gasteiger partial charge is 0.486 e. The number of fused-ring (bicyclic) bond motifs is 2. The smallest absolute Gasteiger partial charge is 0.341 e. The summed E-state index contributed by atoms with van der Waals surface area (Å²) in [6.45, 7) is 4.74. The second-order valence-electron chi connectivity index (χ2n) is 9.85. The normalized spacial score (nSPS) is 15.2. The van der Waals surface area contributed by atoms with E-state index in [1.807, 2.05) is 36.4 Å². The van der Waals surface area contributed by atoms with E-state index in [2.05, 4.69) is 67.3 Å². The van der Waals surface area contributed by atoms with Crippen molar-refractivity contribution in [1.29, 1.82) is 0 Å². The van der Waals surface area contributed by atoms with Crippen molar-refractivity contribution in [3.8, 4) is 11.5 Å². The second-order valence-corrected chi connectivity index (χ2v) is 9.85. The highest BCUT2D eigenvalue weighted by Crippen LogP contribution is 2.41. The van der Waals surface area contributed by atoms with Crippen LogP contribution in [-0.2, 0) is 4.79 Å². The Balaban J connectivity index is 0.00000336. The molecule has 4 aromatic carbocycles. The van der Waals surface area contributed by atoms with E-state index in [9.17, 15) is 4.79 Å². The fourth-order valence-corrected chi connectivity index (χ4v) is 5.28. The molecule has 6 heteroatoms. The van der Waals surface area contributed by atoms with Gasteiger partial charge in [0.15, 0.2) is 6.61 Å². The van der Waals surface area contributed by atoms with Gasteiger partial charge in [0.2, 0.25) is 0 Å². The van der Waals surface area contributed by atoms with Crippen LogP contribution in [0.5, 0.6) is 11.5 Å². The number of nitrogens with zero attached hydrogens (tertiary/aromatic N) is 1. The monoisotopic (exact) mass is 531 g/mol. The van der Waals surface area contributed by atoms with Gasteiger partial charge in [-0.05, 0) is 72.2 Å². The maximum Gasteiger partial charge on any atom is 0.341 e. The Labute approximate surface area is 230 Å². The first kappa shape index (κ1) is 27.3. The van der Waals surface area contributed by atoms with Crippen LogP contribution in [0.4, 0.5) is 11.4 Å². The fraction of sp³-hybridized carbons (Fsp3) is 0.281. The van der Waals surface area contributed by atoms with Crippen molar-refractivity contribution in [2.75, 3.05) is 18.1 Å². The summed E-state index contributed by atoms with van der Waals surface area (Å²) in [6, 6.07) is 29.0. The Morgan fingerprint density at radius 2 is 1.79 bits per heavy atom. The predicted octanol–water partition coefficient (Wildman–Crippen LogP) is 7.91. The molecule has 0 bridgehead atoms. The molecule has 0 saturated heterocycles. The number of aryl methyl sites for hydroxylation is 1. The molecular weight excluding hydrogens is 498 g/mol. The van der Waals surface area contributed by atoms with Crippen molar-refractivity contribution in [2.24, 2.45) is 0 Å². The number of carboxylic acid groups (broad SMARTS) is 1. The minimum Gasteiger partial charge on any atom is -0.486 e. The number of rotatable bonds is 9. The van der Waals surface area contributed by atoms with Crippen molar-refractivity contribution in [2.45, 2.75) is 45.1 Å². The van der Waals surface area contributed by atoms with Crippen LogP contribution in [0.1, 0.15) is 43.2 Å². The highest BCUT2D eigenvalue weighted by molar-refractivity contribution is 5.86. The fourth-order valence-electron chi connectivity index (χ4n) is 5.28. The molecule has 0 aliphatic carbocycles. The Kier molecular flexibility index (Phi) is 8.80. The summed E-state index contributed by atoms with van der Waals surface area (Å²) in [6.07, 6.45) is 3.16. The van der Waals surface area contributed by atoms with Gasteiger partial charge < -0.3 is 19.5 Å². The van der Waals surface area contributed by atoms with Crippen LogP contribution < -0.4 is 14.4 Å². The maximum absolute atomic E-state index is 11.0. The Morgan fingerprint density at radius 1 is 1.03 bits per heavy atom. The van der Waals surface area contributed by atoms with Crippen LogP contribution in [-0.4, -0.2) is 30.3 Å². The number of ether oxygens (including phenoxy) is 2. The van der Waals surface area contributed by atoms with Crippen molar-refractivity contribution in [3.05, 3.63) is 96.1 Å². The van der Waals surface area contributed by atoms with Crippen molar-refractivity contribution in [1.82, 2.24) is 0 Å². The van der Waals surface area contributed by atoms with Gasteiger partial charge in [0.25, 0.3) is 0 Å². The summed E-state index contributed by atoms with van der Waals surface area (Å²) in [7, 11) is 0. The van der Waals surface area contributed by atoms with Crippen LogP contribution in [0.2, 0.25) is 0 Å². The molecule has 0 amide bonds. The number of benzene rings is 4. The van der Waals surface area contributed by atoms with Gasteiger partial charge in [-0.1, -0.05) is 67.6 Å². The quantitative estimate of drug-likeness (QED) is 0.238. The number of aliphatic carboxylic acids is 1. The molecule has 0 fully saturated rings. The third-order valence-corrected chi connectivity index (χ3v) is 7.19. The van der Waals surface area contributed by atoms with Crippen LogP contribution in [0.15, 0.2) is 84.9 Å². The Bertz CT molecular complexity index is 1400. The number of anilines is 2. The number of halogens is 1. The molecule has 1 aliphatic heterocycles. The van der Waals surface area contributed by atoms with Gasteiger partial charge in [0.05, 0.1) is 12.2 Å².